The van der Waals surface area contributed by atoms with Gasteiger partial charge < -0.3 is 4.74 Å². The molecule has 0 atom stereocenters. The number of benzene rings is 1. The van der Waals surface area contributed by atoms with E-state index in [0.717, 1.165) is 0 Å². The summed E-state index contributed by atoms with van der Waals surface area (Å²) in [6, 6.07) is 3.87. The van der Waals surface area contributed by atoms with Crippen molar-refractivity contribution in [2.45, 2.75) is 6.92 Å². The van der Waals surface area contributed by atoms with Crippen molar-refractivity contribution >= 4 is 38.3 Å². The maximum Gasteiger partial charge on any atom is 0.235 e. The van der Waals surface area contributed by atoms with Gasteiger partial charge in [0.05, 0.1) is 18.0 Å². The van der Waals surface area contributed by atoms with Crippen LogP contribution in [0.3, 0.4) is 0 Å². The molecule has 1 aromatic rings. The molecule has 0 bridgehead atoms. The zero-order valence-electron chi connectivity index (χ0n) is 9.24. The van der Waals surface area contributed by atoms with Crippen LogP contribution in [0.2, 0.25) is 0 Å². The molecule has 1 aromatic carbocycles. The number of anilines is 1. The van der Waals surface area contributed by atoms with Gasteiger partial charge in [0.25, 0.3) is 0 Å². The largest absolute Gasteiger partial charge is 0.381 e. The number of halogens is 2. The molecule has 0 amide bonds. The van der Waals surface area contributed by atoms with Crippen LogP contribution in [0.4, 0.5) is 10.1 Å². The molecule has 1 N–H and O–H groups in total. The van der Waals surface area contributed by atoms with Crippen LogP contribution in [0.1, 0.15) is 6.92 Å². The van der Waals surface area contributed by atoms with E-state index in [1.54, 1.807) is 6.92 Å². The molecule has 0 unspecified atom stereocenters. The van der Waals surface area contributed by atoms with Crippen molar-refractivity contribution in [2.24, 2.45) is 0 Å². The van der Waals surface area contributed by atoms with Crippen LogP contribution in [-0.4, -0.2) is 27.4 Å². The third-order valence-electron chi connectivity index (χ3n) is 1.90. The second-order valence-corrected chi connectivity index (χ2v) is 6.25. The van der Waals surface area contributed by atoms with Crippen molar-refractivity contribution in [1.82, 2.24) is 0 Å². The molecular weight excluding hydrogens is 360 g/mol. The van der Waals surface area contributed by atoms with Crippen LogP contribution >= 0.6 is 22.6 Å². The van der Waals surface area contributed by atoms with Crippen molar-refractivity contribution in [1.29, 1.82) is 0 Å². The molecule has 0 saturated carbocycles. The average Bonchev–Trinajstić information content (AvgIpc) is 2.22. The number of ether oxygens (including phenoxy) is 1. The number of sulfonamides is 1. The molecule has 0 radical (unpaired) electrons. The normalized spacial score (nSPS) is 11.5. The third-order valence-corrected chi connectivity index (χ3v) is 4.02. The van der Waals surface area contributed by atoms with E-state index >= 15 is 0 Å². The topological polar surface area (TPSA) is 55.4 Å². The summed E-state index contributed by atoms with van der Waals surface area (Å²) in [4.78, 5) is 0. The van der Waals surface area contributed by atoms with Gasteiger partial charge in [0.2, 0.25) is 10.0 Å². The van der Waals surface area contributed by atoms with E-state index < -0.39 is 15.8 Å². The van der Waals surface area contributed by atoms with E-state index in [-0.39, 0.29) is 12.4 Å². The summed E-state index contributed by atoms with van der Waals surface area (Å²) in [6.45, 7) is 2.41. The van der Waals surface area contributed by atoms with Gasteiger partial charge in [-0.1, -0.05) is 0 Å². The summed E-state index contributed by atoms with van der Waals surface area (Å²) in [5, 5.41) is 0. The molecule has 0 aromatic heterocycles. The highest BCUT2D eigenvalue weighted by Gasteiger charge is 2.12. The van der Waals surface area contributed by atoms with E-state index in [0.29, 0.717) is 15.9 Å². The van der Waals surface area contributed by atoms with Gasteiger partial charge in [-0.05, 0) is 47.7 Å². The lowest BCUT2D eigenvalue weighted by Crippen LogP contribution is -2.20. The Bertz CT molecular complexity index is 478. The lowest BCUT2D eigenvalue weighted by Gasteiger charge is -2.09. The molecule has 7 heteroatoms. The third kappa shape index (κ3) is 5.17. The fourth-order valence-electron chi connectivity index (χ4n) is 1.10. The number of nitrogens with one attached hydrogen (secondary N) is 1. The second kappa shape index (κ2) is 6.50. The Labute approximate surface area is 114 Å². The minimum absolute atomic E-state index is 0.117. The Balaban J connectivity index is 2.69. The Kier molecular flexibility index (Phi) is 5.60. The highest BCUT2D eigenvalue weighted by molar-refractivity contribution is 14.1. The lowest BCUT2D eigenvalue weighted by atomic mass is 10.3. The first-order valence-corrected chi connectivity index (χ1v) is 7.71. The summed E-state index contributed by atoms with van der Waals surface area (Å²) in [7, 11) is -3.44. The van der Waals surface area contributed by atoms with Crippen molar-refractivity contribution < 1.29 is 17.5 Å². The quantitative estimate of drug-likeness (QED) is 0.615. The van der Waals surface area contributed by atoms with Gasteiger partial charge >= 0.3 is 0 Å². The molecule has 0 aliphatic rings. The van der Waals surface area contributed by atoms with E-state index in [1.165, 1.54) is 18.2 Å². The number of hydrogen-bond donors (Lipinski definition) is 1. The van der Waals surface area contributed by atoms with Crippen LogP contribution in [-0.2, 0) is 14.8 Å². The second-order valence-electron chi connectivity index (χ2n) is 3.24. The summed E-state index contributed by atoms with van der Waals surface area (Å²) in [6.07, 6.45) is 0. The molecule has 1 rings (SSSR count). The first kappa shape index (κ1) is 14.7. The number of hydrogen-bond acceptors (Lipinski definition) is 3. The smallest absolute Gasteiger partial charge is 0.235 e. The van der Waals surface area contributed by atoms with Crippen molar-refractivity contribution in [3.63, 3.8) is 0 Å². The molecule has 4 nitrogen and oxygen atoms in total. The predicted molar refractivity (Wildman–Crippen MR) is 73.0 cm³/mol. The van der Waals surface area contributed by atoms with Gasteiger partial charge in [-0.25, -0.2) is 12.8 Å². The Morgan fingerprint density at radius 3 is 2.76 bits per heavy atom. The highest BCUT2D eigenvalue weighted by atomic mass is 127. The van der Waals surface area contributed by atoms with Gasteiger partial charge in [0.15, 0.2) is 0 Å². The summed E-state index contributed by atoms with van der Waals surface area (Å²) in [5.74, 6) is -0.513. The molecular formula is C10H13FINO3S. The average molecular weight is 373 g/mol. The van der Waals surface area contributed by atoms with Crippen LogP contribution < -0.4 is 4.72 Å². The number of rotatable bonds is 6. The molecule has 96 valence electrons. The maximum atomic E-state index is 12.8. The molecule has 0 fully saturated rings. The van der Waals surface area contributed by atoms with Gasteiger partial charge in [-0.3, -0.25) is 4.72 Å². The summed E-state index contributed by atoms with van der Waals surface area (Å²) >= 11 is 1.87. The Morgan fingerprint density at radius 1 is 1.47 bits per heavy atom. The van der Waals surface area contributed by atoms with Gasteiger partial charge in [0, 0.05) is 10.2 Å². The van der Waals surface area contributed by atoms with E-state index in [1.807, 2.05) is 22.6 Å². The summed E-state index contributed by atoms with van der Waals surface area (Å²) < 4.78 is 44.0. The van der Waals surface area contributed by atoms with E-state index in [2.05, 4.69) is 4.72 Å². The van der Waals surface area contributed by atoms with Gasteiger partial charge in [0.1, 0.15) is 5.82 Å². The van der Waals surface area contributed by atoms with Crippen LogP contribution in [0, 0.1) is 9.39 Å². The Morgan fingerprint density at radius 2 is 2.18 bits per heavy atom. The zero-order chi connectivity index (χ0) is 12.9. The first-order chi connectivity index (χ1) is 7.94. The fourth-order valence-corrected chi connectivity index (χ4v) is 2.85. The van der Waals surface area contributed by atoms with Crippen LogP contribution in [0.5, 0.6) is 0 Å². The van der Waals surface area contributed by atoms with E-state index in [9.17, 15) is 12.8 Å². The molecule has 17 heavy (non-hydrogen) atoms. The molecule has 0 saturated heterocycles. The van der Waals surface area contributed by atoms with Crippen molar-refractivity contribution in [3.05, 3.63) is 27.6 Å². The minimum Gasteiger partial charge on any atom is -0.381 e. The SMILES string of the molecule is CCOCCS(=O)(=O)Nc1ccc(F)cc1I. The standard InChI is InChI=1S/C10H13FINO3S/c1-2-16-5-6-17(14,15)13-10-4-3-8(11)7-9(10)12/h3-4,7,13H,2,5-6H2,1H3. The van der Waals surface area contributed by atoms with Crippen LogP contribution in [0.15, 0.2) is 18.2 Å². The monoisotopic (exact) mass is 373 g/mol. The summed E-state index contributed by atoms with van der Waals surface area (Å²) in [5.41, 5.74) is 0.378. The van der Waals surface area contributed by atoms with Crippen LogP contribution in [0.25, 0.3) is 0 Å². The molecule has 0 aliphatic carbocycles. The highest BCUT2D eigenvalue weighted by Crippen LogP contribution is 2.20. The molecule has 0 aliphatic heterocycles. The van der Waals surface area contributed by atoms with E-state index in [4.69, 9.17) is 4.74 Å². The predicted octanol–water partition coefficient (Wildman–Crippen LogP) is 2.21. The van der Waals surface area contributed by atoms with Crippen molar-refractivity contribution in [2.75, 3.05) is 23.7 Å². The maximum absolute atomic E-state index is 12.8. The zero-order valence-corrected chi connectivity index (χ0v) is 12.2. The molecule has 0 spiro atoms. The first-order valence-electron chi connectivity index (χ1n) is 4.98. The van der Waals surface area contributed by atoms with Gasteiger partial charge in [-0.15, -0.1) is 0 Å². The Hall–Kier alpha value is -0.410. The van der Waals surface area contributed by atoms with Gasteiger partial charge in [-0.2, -0.15) is 0 Å². The van der Waals surface area contributed by atoms with Crippen molar-refractivity contribution in [3.8, 4) is 0 Å². The minimum atomic E-state index is -3.44. The molecule has 0 heterocycles. The fraction of sp³-hybridized carbons (Fsp3) is 0.400. The lowest BCUT2D eigenvalue weighted by molar-refractivity contribution is 0.163.